The van der Waals surface area contributed by atoms with Gasteiger partial charge in [-0.2, -0.15) is 0 Å². The van der Waals surface area contributed by atoms with E-state index in [-0.39, 0.29) is 17.1 Å². The molecule has 2 aromatic heterocycles. The van der Waals surface area contributed by atoms with Crippen molar-refractivity contribution in [2.75, 3.05) is 6.61 Å². The third kappa shape index (κ3) is 5.10. The van der Waals surface area contributed by atoms with E-state index < -0.39 is 5.97 Å². The molecule has 0 N–H and O–H groups in total. The molecule has 3 aromatic rings. The Labute approximate surface area is 175 Å². The maximum atomic E-state index is 13.4. The number of carbonyl (C=O) groups is 1. The number of ether oxygens (including phenoxy) is 1. The Morgan fingerprint density at radius 2 is 2.14 bits per heavy atom. The molecule has 1 aromatic carbocycles. The van der Waals surface area contributed by atoms with Crippen LogP contribution in [0.2, 0.25) is 0 Å². The monoisotopic (exact) mass is 433 g/mol. The molecule has 0 aliphatic carbocycles. The van der Waals surface area contributed by atoms with Crippen molar-refractivity contribution in [3.63, 3.8) is 0 Å². The van der Waals surface area contributed by atoms with E-state index in [2.05, 4.69) is 9.97 Å². The van der Waals surface area contributed by atoms with E-state index in [1.807, 2.05) is 0 Å². The zero-order chi connectivity index (χ0) is 21.0. The zero-order valence-corrected chi connectivity index (χ0v) is 17.9. The number of carbonyl (C=O) groups excluding carboxylic acids is 1. The fourth-order valence-electron chi connectivity index (χ4n) is 2.72. The molecule has 3 rings (SSSR count). The summed E-state index contributed by atoms with van der Waals surface area (Å²) in [6, 6.07) is 6.21. The van der Waals surface area contributed by atoms with Crippen LogP contribution in [0.25, 0.3) is 0 Å². The van der Waals surface area contributed by atoms with Crippen molar-refractivity contribution < 1.29 is 13.9 Å². The van der Waals surface area contributed by atoms with E-state index in [0.717, 1.165) is 10.6 Å². The number of benzene rings is 1. The van der Waals surface area contributed by atoms with Crippen LogP contribution in [0.5, 0.6) is 0 Å². The molecule has 6 nitrogen and oxygen atoms in total. The molecule has 0 saturated heterocycles. The number of aromatic nitrogens is 3. The van der Waals surface area contributed by atoms with Gasteiger partial charge in [-0.1, -0.05) is 23.9 Å². The average Bonchev–Trinajstić information content (AvgIpc) is 3.16. The second-order valence-corrected chi connectivity index (χ2v) is 8.15. The van der Waals surface area contributed by atoms with Crippen LogP contribution in [0, 0.1) is 12.7 Å². The first-order chi connectivity index (χ1) is 13.9. The Bertz CT molecular complexity index is 1090. The van der Waals surface area contributed by atoms with Gasteiger partial charge in [0.25, 0.3) is 5.56 Å². The molecule has 0 fully saturated rings. The molecule has 0 atom stereocenters. The van der Waals surface area contributed by atoms with E-state index in [1.165, 1.54) is 39.8 Å². The van der Waals surface area contributed by atoms with Crippen molar-refractivity contribution in [3.05, 3.63) is 73.3 Å². The maximum Gasteiger partial charge on any atom is 0.357 e. The number of halogens is 1. The molecule has 0 unspecified atom stereocenters. The Kier molecular flexibility index (Phi) is 6.81. The molecule has 0 saturated carbocycles. The summed E-state index contributed by atoms with van der Waals surface area (Å²) in [4.78, 5) is 33.4. The molecule has 0 aliphatic heterocycles. The van der Waals surface area contributed by atoms with Crippen molar-refractivity contribution in [3.8, 4) is 0 Å². The highest BCUT2D eigenvalue weighted by molar-refractivity contribution is 7.98. The van der Waals surface area contributed by atoms with Gasteiger partial charge in [-0.05, 0) is 31.5 Å². The summed E-state index contributed by atoms with van der Waals surface area (Å²) in [6.45, 7) is 3.82. The van der Waals surface area contributed by atoms with E-state index in [9.17, 15) is 14.0 Å². The van der Waals surface area contributed by atoms with Crippen LogP contribution in [0.1, 0.15) is 39.2 Å². The summed E-state index contributed by atoms with van der Waals surface area (Å²) in [7, 11) is 1.66. The molecule has 9 heteroatoms. The minimum Gasteiger partial charge on any atom is -0.461 e. The fourth-order valence-corrected chi connectivity index (χ4v) is 4.51. The van der Waals surface area contributed by atoms with Crippen LogP contribution in [0.4, 0.5) is 4.39 Å². The van der Waals surface area contributed by atoms with Crippen LogP contribution in [-0.4, -0.2) is 27.1 Å². The predicted molar refractivity (Wildman–Crippen MR) is 111 cm³/mol. The highest BCUT2D eigenvalue weighted by Crippen LogP contribution is 2.23. The highest BCUT2D eigenvalue weighted by atomic mass is 32.2. The van der Waals surface area contributed by atoms with Gasteiger partial charge in [0.15, 0.2) is 10.9 Å². The van der Waals surface area contributed by atoms with Gasteiger partial charge in [0.1, 0.15) is 10.8 Å². The number of aryl methyl sites for hydroxylation is 1. The lowest BCUT2D eigenvalue weighted by atomic mass is 10.1. The number of thioether (sulfide) groups is 1. The van der Waals surface area contributed by atoms with E-state index in [0.29, 0.717) is 35.2 Å². The van der Waals surface area contributed by atoms with E-state index in [4.69, 9.17) is 4.74 Å². The van der Waals surface area contributed by atoms with Crippen molar-refractivity contribution >= 4 is 29.1 Å². The van der Waals surface area contributed by atoms with Crippen molar-refractivity contribution in [1.82, 2.24) is 14.5 Å². The van der Waals surface area contributed by atoms with Crippen molar-refractivity contribution in [2.24, 2.45) is 7.05 Å². The second-order valence-electron chi connectivity index (χ2n) is 6.26. The number of thiazole rings is 1. The van der Waals surface area contributed by atoms with Gasteiger partial charge in [-0.25, -0.2) is 19.2 Å². The molecule has 0 amide bonds. The zero-order valence-electron chi connectivity index (χ0n) is 16.3. The van der Waals surface area contributed by atoms with E-state index >= 15 is 0 Å². The van der Waals surface area contributed by atoms with Gasteiger partial charge in [-0.3, -0.25) is 9.36 Å². The van der Waals surface area contributed by atoms with Gasteiger partial charge in [0.05, 0.1) is 12.4 Å². The number of esters is 1. The van der Waals surface area contributed by atoms with Crippen molar-refractivity contribution in [2.45, 2.75) is 31.2 Å². The first kappa shape index (κ1) is 21.2. The predicted octanol–water partition coefficient (Wildman–Crippen LogP) is 3.74. The molecule has 152 valence electrons. The van der Waals surface area contributed by atoms with Crippen molar-refractivity contribution in [1.29, 1.82) is 0 Å². The minimum absolute atomic E-state index is 0.157. The topological polar surface area (TPSA) is 74.1 Å². The van der Waals surface area contributed by atoms with Gasteiger partial charge >= 0.3 is 5.97 Å². The van der Waals surface area contributed by atoms with Gasteiger partial charge < -0.3 is 4.74 Å². The number of hydrogen-bond donors (Lipinski definition) is 0. The van der Waals surface area contributed by atoms with E-state index in [1.54, 1.807) is 38.4 Å². The molecule has 2 heterocycles. The minimum atomic E-state index is -0.442. The first-order valence-corrected chi connectivity index (χ1v) is 10.8. The first-order valence-electron chi connectivity index (χ1n) is 8.94. The highest BCUT2D eigenvalue weighted by Gasteiger charge is 2.15. The number of nitrogens with zero attached hydrogens (tertiary/aromatic N) is 3. The van der Waals surface area contributed by atoms with Crippen LogP contribution in [0.15, 0.2) is 39.6 Å². The van der Waals surface area contributed by atoms with Gasteiger partial charge in [0, 0.05) is 30.1 Å². The molecule has 29 heavy (non-hydrogen) atoms. The maximum absolute atomic E-state index is 13.4. The van der Waals surface area contributed by atoms with Gasteiger partial charge in [-0.15, -0.1) is 11.3 Å². The summed E-state index contributed by atoms with van der Waals surface area (Å²) in [5, 5.41) is 2.96. The molecule has 0 spiro atoms. The Balaban J connectivity index is 1.76. The molecular formula is C20H20FN3O3S2. The summed E-state index contributed by atoms with van der Waals surface area (Å²) in [5.74, 6) is -0.293. The van der Waals surface area contributed by atoms with Crippen LogP contribution in [-0.2, 0) is 24.0 Å². The molecule has 0 bridgehead atoms. The lowest BCUT2D eigenvalue weighted by Gasteiger charge is -2.11. The average molecular weight is 434 g/mol. The Morgan fingerprint density at radius 1 is 1.34 bits per heavy atom. The standard InChI is InChI=1S/C20H20FN3O3S2/c1-4-27-19(26)16-10-28-17(23-16)11-29-20-22-12(2)15(18(25)24(20)3)9-13-6-5-7-14(21)8-13/h5-8,10H,4,9,11H2,1-3H3. The molecule has 0 aliphatic rings. The van der Waals surface area contributed by atoms with Crippen LogP contribution >= 0.6 is 23.1 Å². The smallest absolute Gasteiger partial charge is 0.357 e. The Morgan fingerprint density at radius 3 is 2.86 bits per heavy atom. The summed E-state index contributed by atoms with van der Waals surface area (Å²) in [6.07, 6.45) is 0.323. The van der Waals surface area contributed by atoms with Gasteiger partial charge in [0.2, 0.25) is 0 Å². The Hall–Kier alpha value is -2.52. The SMILES string of the molecule is CCOC(=O)c1csc(CSc2nc(C)c(Cc3cccc(F)c3)c(=O)n2C)n1. The lowest BCUT2D eigenvalue weighted by Crippen LogP contribution is -2.25. The normalized spacial score (nSPS) is 10.9. The lowest BCUT2D eigenvalue weighted by molar-refractivity contribution is 0.0520. The van der Waals surface area contributed by atoms with Crippen LogP contribution in [0.3, 0.4) is 0 Å². The fraction of sp³-hybridized carbons (Fsp3) is 0.300. The summed E-state index contributed by atoms with van der Waals surface area (Å²) >= 11 is 2.73. The third-order valence-corrected chi connectivity index (χ3v) is 6.25. The van der Waals surface area contributed by atoms with Crippen LogP contribution < -0.4 is 5.56 Å². The quantitative estimate of drug-likeness (QED) is 0.321. The number of rotatable bonds is 7. The second kappa shape index (κ2) is 9.32. The number of hydrogen-bond acceptors (Lipinski definition) is 7. The molecule has 0 radical (unpaired) electrons. The summed E-state index contributed by atoms with van der Waals surface area (Å²) in [5.41, 5.74) is 2.01. The molecular weight excluding hydrogens is 413 g/mol. The third-order valence-electron chi connectivity index (χ3n) is 4.18. The largest absolute Gasteiger partial charge is 0.461 e. The summed E-state index contributed by atoms with van der Waals surface area (Å²) < 4.78 is 19.9.